The molecular formula is C16H15NO5S2. The summed E-state index contributed by atoms with van der Waals surface area (Å²) in [6.45, 7) is 3.61. The predicted octanol–water partition coefficient (Wildman–Crippen LogP) is 3.45. The van der Waals surface area contributed by atoms with Gasteiger partial charge in [0.25, 0.3) is 0 Å². The SMILES string of the molecule is CCOC(=O)/C=C(/C(=O)OCC)C1=NC(=O)S/C1=C\c1cccs1. The third-order valence-corrected chi connectivity index (χ3v) is 4.37. The number of thiophene rings is 1. The molecule has 24 heavy (non-hydrogen) atoms. The quantitative estimate of drug-likeness (QED) is 0.567. The Hall–Kier alpha value is -2.19. The summed E-state index contributed by atoms with van der Waals surface area (Å²) in [4.78, 5) is 40.9. The number of thioether (sulfide) groups is 1. The van der Waals surface area contributed by atoms with Gasteiger partial charge in [-0.1, -0.05) is 6.07 Å². The summed E-state index contributed by atoms with van der Waals surface area (Å²) in [6.07, 6.45) is 2.76. The molecule has 2 rings (SSSR count). The molecule has 0 aromatic carbocycles. The second kappa shape index (κ2) is 8.60. The van der Waals surface area contributed by atoms with E-state index in [1.54, 1.807) is 19.9 Å². The van der Waals surface area contributed by atoms with Crippen molar-refractivity contribution < 1.29 is 23.9 Å². The molecule has 126 valence electrons. The Kier molecular flexibility index (Phi) is 6.51. The highest BCUT2D eigenvalue weighted by molar-refractivity contribution is 8.18. The minimum Gasteiger partial charge on any atom is -0.463 e. The van der Waals surface area contributed by atoms with E-state index in [0.717, 1.165) is 22.7 Å². The van der Waals surface area contributed by atoms with Crippen LogP contribution in [0.15, 0.2) is 39.1 Å². The van der Waals surface area contributed by atoms with Crippen LogP contribution in [0.1, 0.15) is 18.7 Å². The zero-order chi connectivity index (χ0) is 17.5. The number of hydrogen-bond acceptors (Lipinski definition) is 7. The highest BCUT2D eigenvalue weighted by Gasteiger charge is 2.30. The number of nitrogens with zero attached hydrogens (tertiary/aromatic N) is 1. The van der Waals surface area contributed by atoms with Crippen molar-refractivity contribution in [3.05, 3.63) is 38.9 Å². The summed E-state index contributed by atoms with van der Waals surface area (Å²) in [6, 6.07) is 3.74. The number of allylic oxidation sites excluding steroid dienone is 1. The van der Waals surface area contributed by atoms with Gasteiger partial charge in [0.1, 0.15) is 0 Å². The van der Waals surface area contributed by atoms with E-state index in [0.29, 0.717) is 4.91 Å². The largest absolute Gasteiger partial charge is 0.463 e. The van der Waals surface area contributed by atoms with Gasteiger partial charge < -0.3 is 9.47 Å². The molecule has 1 amide bonds. The molecule has 0 aliphatic carbocycles. The number of hydrogen-bond donors (Lipinski definition) is 0. The van der Waals surface area contributed by atoms with Crippen LogP contribution in [0, 0.1) is 0 Å². The Balaban J connectivity index is 2.42. The zero-order valence-electron chi connectivity index (χ0n) is 13.1. The van der Waals surface area contributed by atoms with Crippen molar-refractivity contribution in [3.63, 3.8) is 0 Å². The Morgan fingerprint density at radius 2 is 2.00 bits per heavy atom. The maximum absolute atomic E-state index is 12.2. The third-order valence-electron chi connectivity index (χ3n) is 2.75. The van der Waals surface area contributed by atoms with E-state index in [9.17, 15) is 14.4 Å². The smallest absolute Gasteiger partial charge is 0.340 e. The normalized spacial score (nSPS) is 16.2. The van der Waals surface area contributed by atoms with Crippen molar-refractivity contribution in [2.45, 2.75) is 13.8 Å². The van der Waals surface area contributed by atoms with Gasteiger partial charge in [0.15, 0.2) is 0 Å². The van der Waals surface area contributed by atoms with Crippen LogP contribution in [0.3, 0.4) is 0 Å². The Bertz CT molecular complexity index is 732. The minimum absolute atomic E-state index is 0.0866. The van der Waals surface area contributed by atoms with Crippen LogP contribution in [0.25, 0.3) is 6.08 Å². The molecule has 1 aliphatic heterocycles. The van der Waals surface area contributed by atoms with E-state index >= 15 is 0 Å². The molecule has 2 heterocycles. The van der Waals surface area contributed by atoms with Crippen molar-refractivity contribution >= 4 is 52.1 Å². The first kappa shape index (κ1) is 18.2. The maximum atomic E-state index is 12.2. The van der Waals surface area contributed by atoms with Crippen molar-refractivity contribution in [1.82, 2.24) is 0 Å². The van der Waals surface area contributed by atoms with Crippen LogP contribution in [-0.2, 0) is 19.1 Å². The zero-order valence-corrected chi connectivity index (χ0v) is 14.7. The highest BCUT2D eigenvalue weighted by Crippen LogP contribution is 2.33. The molecule has 8 heteroatoms. The lowest BCUT2D eigenvalue weighted by Gasteiger charge is -2.07. The molecule has 0 atom stereocenters. The van der Waals surface area contributed by atoms with E-state index in [2.05, 4.69) is 4.99 Å². The van der Waals surface area contributed by atoms with Gasteiger partial charge in [0, 0.05) is 15.9 Å². The number of aliphatic imine (C=N–C) groups is 1. The molecule has 0 saturated heterocycles. The van der Waals surface area contributed by atoms with Gasteiger partial charge >= 0.3 is 17.2 Å². The number of amides is 1. The third kappa shape index (κ3) is 4.65. The van der Waals surface area contributed by atoms with E-state index in [1.807, 2.05) is 17.5 Å². The molecule has 1 aromatic rings. The molecule has 1 aliphatic rings. The van der Waals surface area contributed by atoms with E-state index in [1.165, 1.54) is 11.3 Å². The molecule has 0 radical (unpaired) electrons. The van der Waals surface area contributed by atoms with Crippen LogP contribution in [0.5, 0.6) is 0 Å². The fourth-order valence-electron chi connectivity index (χ4n) is 1.84. The van der Waals surface area contributed by atoms with Crippen LogP contribution in [0.4, 0.5) is 4.79 Å². The Morgan fingerprint density at radius 3 is 2.62 bits per heavy atom. The van der Waals surface area contributed by atoms with Crippen LogP contribution in [-0.4, -0.2) is 36.1 Å². The molecule has 6 nitrogen and oxygen atoms in total. The number of carbonyl (C=O) groups excluding carboxylic acids is 3. The lowest BCUT2D eigenvalue weighted by Crippen LogP contribution is -2.18. The van der Waals surface area contributed by atoms with Crippen LogP contribution >= 0.6 is 23.1 Å². The molecule has 1 aromatic heterocycles. The van der Waals surface area contributed by atoms with Gasteiger partial charge in [-0.15, -0.1) is 11.3 Å². The van der Waals surface area contributed by atoms with Crippen molar-refractivity contribution in [1.29, 1.82) is 0 Å². The summed E-state index contributed by atoms with van der Waals surface area (Å²) in [7, 11) is 0. The molecule has 0 unspecified atom stereocenters. The molecule has 0 bridgehead atoms. The number of carbonyl (C=O) groups is 3. The predicted molar refractivity (Wildman–Crippen MR) is 94.1 cm³/mol. The fraction of sp³-hybridized carbons (Fsp3) is 0.250. The first-order chi connectivity index (χ1) is 11.5. The monoisotopic (exact) mass is 365 g/mol. The number of ether oxygens (including phenoxy) is 2. The summed E-state index contributed by atoms with van der Waals surface area (Å²) < 4.78 is 9.81. The van der Waals surface area contributed by atoms with Crippen molar-refractivity contribution in [2.75, 3.05) is 13.2 Å². The van der Waals surface area contributed by atoms with Crippen molar-refractivity contribution in [3.8, 4) is 0 Å². The summed E-state index contributed by atoms with van der Waals surface area (Å²) in [5.74, 6) is -1.42. The Labute approximate surface area is 147 Å². The van der Waals surface area contributed by atoms with Crippen LogP contribution in [0.2, 0.25) is 0 Å². The highest BCUT2D eigenvalue weighted by atomic mass is 32.2. The lowest BCUT2D eigenvalue weighted by molar-refractivity contribution is -0.140. The van der Waals surface area contributed by atoms with Gasteiger partial charge in [-0.05, 0) is 43.1 Å². The van der Waals surface area contributed by atoms with Gasteiger partial charge in [0.05, 0.1) is 24.5 Å². The van der Waals surface area contributed by atoms with Gasteiger partial charge in [-0.3, -0.25) is 4.79 Å². The molecule has 0 fully saturated rings. The topological polar surface area (TPSA) is 82.0 Å². The minimum atomic E-state index is -0.725. The second-order valence-electron chi connectivity index (χ2n) is 4.38. The van der Waals surface area contributed by atoms with Gasteiger partial charge in [-0.2, -0.15) is 0 Å². The molecule has 0 N–H and O–H groups in total. The van der Waals surface area contributed by atoms with Crippen molar-refractivity contribution in [2.24, 2.45) is 4.99 Å². The number of rotatable bonds is 6. The average molecular weight is 365 g/mol. The maximum Gasteiger partial charge on any atom is 0.340 e. The standard InChI is InChI=1S/C16H15NO5S2/c1-3-21-13(18)9-11(15(19)22-4-2)14-12(24-16(20)17-14)8-10-6-5-7-23-10/h5-9H,3-4H2,1-2H3/b11-9+,12-8-. The lowest BCUT2D eigenvalue weighted by atomic mass is 10.1. The second-order valence-corrected chi connectivity index (χ2v) is 6.36. The summed E-state index contributed by atoms with van der Waals surface area (Å²) >= 11 is 2.38. The number of esters is 2. The summed E-state index contributed by atoms with van der Waals surface area (Å²) in [5.41, 5.74) is 0.0429. The van der Waals surface area contributed by atoms with Gasteiger partial charge in [0.2, 0.25) is 0 Å². The molecule has 0 saturated carbocycles. The van der Waals surface area contributed by atoms with Crippen LogP contribution < -0.4 is 0 Å². The molecule has 0 spiro atoms. The first-order valence-electron chi connectivity index (χ1n) is 7.17. The Morgan fingerprint density at radius 1 is 1.25 bits per heavy atom. The van der Waals surface area contributed by atoms with E-state index < -0.39 is 17.2 Å². The first-order valence-corrected chi connectivity index (χ1v) is 8.86. The summed E-state index contributed by atoms with van der Waals surface area (Å²) in [5, 5.41) is 1.44. The average Bonchev–Trinajstić information content (AvgIpc) is 3.15. The van der Waals surface area contributed by atoms with E-state index in [-0.39, 0.29) is 24.5 Å². The van der Waals surface area contributed by atoms with Gasteiger partial charge in [-0.25, -0.2) is 14.6 Å². The fourth-order valence-corrected chi connectivity index (χ4v) is 3.33. The van der Waals surface area contributed by atoms with E-state index in [4.69, 9.17) is 9.47 Å². The molecular weight excluding hydrogens is 350 g/mol.